The summed E-state index contributed by atoms with van der Waals surface area (Å²) in [6.45, 7) is 7.70. The van der Waals surface area contributed by atoms with Crippen LogP contribution >= 0.6 is 11.6 Å². The standard InChI is InChI=1S/C27H38ClN3O5S/c1-7-24(27(33)29-19(2)3)30(18-21-11-8-12-22(17-21)36-5)26(32)15-10-16-31(37(6,34)35)25-14-9-13-23(28)20(25)4/h8-9,11-14,17,19,24H,7,10,15-16,18H2,1-6H3,(H,29,33)/t24-/m1/s1. The third-order valence-electron chi connectivity index (χ3n) is 5.96. The van der Waals surface area contributed by atoms with Crippen LogP contribution in [0.4, 0.5) is 5.69 Å². The summed E-state index contributed by atoms with van der Waals surface area (Å²) >= 11 is 6.22. The molecule has 37 heavy (non-hydrogen) atoms. The van der Waals surface area contributed by atoms with E-state index in [9.17, 15) is 18.0 Å². The largest absolute Gasteiger partial charge is 0.497 e. The van der Waals surface area contributed by atoms with Crippen LogP contribution in [-0.2, 0) is 26.2 Å². The summed E-state index contributed by atoms with van der Waals surface area (Å²) in [5.74, 6) is 0.205. The molecule has 0 heterocycles. The normalized spacial score (nSPS) is 12.2. The number of nitrogens with zero attached hydrogens (tertiary/aromatic N) is 2. The maximum absolute atomic E-state index is 13.5. The topological polar surface area (TPSA) is 96.0 Å². The van der Waals surface area contributed by atoms with Crippen LogP contribution in [0.3, 0.4) is 0 Å². The summed E-state index contributed by atoms with van der Waals surface area (Å²) in [4.78, 5) is 28.1. The lowest BCUT2D eigenvalue weighted by molar-refractivity contribution is -0.141. The molecule has 2 aromatic rings. The second kappa shape index (κ2) is 13.7. The van der Waals surface area contributed by atoms with Crippen LogP contribution in [0.15, 0.2) is 42.5 Å². The predicted molar refractivity (Wildman–Crippen MR) is 149 cm³/mol. The highest BCUT2D eigenvalue weighted by Crippen LogP contribution is 2.28. The fourth-order valence-electron chi connectivity index (χ4n) is 4.12. The molecule has 0 aromatic heterocycles. The molecule has 10 heteroatoms. The van der Waals surface area contributed by atoms with Gasteiger partial charge in [-0.05, 0) is 69.0 Å². The minimum Gasteiger partial charge on any atom is -0.497 e. The number of amides is 2. The molecule has 2 rings (SSSR count). The summed E-state index contributed by atoms with van der Waals surface area (Å²) in [6.07, 6.45) is 1.91. The van der Waals surface area contributed by atoms with Gasteiger partial charge in [0.15, 0.2) is 0 Å². The third-order valence-corrected chi connectivity index (χ3v) is 7.55. The van der Waals surface area contributed by atoms with Gasteiger partial charge in [-0.15, -0.1) is 0 Å². The van der Waals surface area contributed by atoms with Crippen LogP contribution in [0.25, 0.3) is 0 Å². The number of carbonyl (C=O) groups is 2. The molecule has 0 unspecified atom stereocenters. The Morgan fingerprint density at radius 2 is 1.81 bits per heavy atom. The zero-order chi connectivity index (χ0) is 27.8. The number of carbonyl (C=O) groups excluding carboxylic acids is 2. The van der Waals surface area contributed by atoms with E-state index in [1.807, 2.05) is 45.0 Å². The van der Waals surface area contributed by atoms with E-state index in [-0.39, 0.29) is 43.8 Å². The number of ether oxygens (including phenoxy) is 1. The van der Waals surface area contributed by atoms with Crippen LogP contribution in [0.2, 0.25) is 5.02 Å². The average Bonchev–Trinajstić information content (AvgIpc) is 2.82. The minimum atomic E-state index is -3.61. The first-order chi connectivity index (χ1) is 17.4. The molecule has 0 aliphatic rings. The first-order valence-electron chi connectivity index (χ1n) is 12.3. The molecular weight excluding hydrogens is 514 g/mol. The van der Waals surface area contributed by atoms with Crippen molar-refractivity contribution >= 4 is 39.1 Å². The molecule has 0 saturated carbocycles. The van der Waals surface area contributed by atoms with Crippen molar-refractivity contribution in [1.82, 2.24) is 10.2 Å². The average molecular weight is 552 g/mol. The molecule has 0 spiro atoms. The number of nitrogens with one attached hydrogen (secondary N) is 1. The van der Waals surface area contributed by atoms with E-state index in [2.05, 4.69) is 5.32 Å². The van der Waals surface area contributed by atoms with Gasteiger partial charge >= 0.3 is 0 Å². The molecule has 0 aliphatic carbocycles. The van der Waals surface area contributed by atoms with E-state index in [1.165, 1.54) is 4.31 Å². The molecule has 2 aromatic carbocycles. The summed E-state index contributed by atoms with van der Waals surface area (Å²) in [5, 5.41) is 3.37. The molecule has 1 N–H and O–H groups in total. The van der Waals surface area contributed by atoms with E-state index in [1.54, 1.807) is 37.1 Å². The van der Waals surface area contributed by atoms with Crippen molar-refractivity contribution in [2.24, 2.45) is 0 Å². The van der Waals surface area contributed by atoms with E-state index >= 15 is 0 Å². The summed E-state index contributed by atoms with van der Waals surface area (Å²) in [6, 6.07) is 11.7. The highest BCUT2D eigenvalue weighted by atomic mass is 35.5. The maximum Gasteiger partial charge on any atom is 0.243 e. The third kappa shape index (κ3) is 8.64. The van der Waals surface area contributed by atoms with Crippen molar-refractivity contribution in [2.45, 2.75) is 65.6 Å². The fourth-order valence-corrected chi connectivity index (χ4v) is 5.30. The number of rotatable bonds is 13. The van der Waals surface area contributed by atoms with Gasteiger partial charge in [-0.1, -0.05) is 36.7 Å². The first kappa shape index (κ1) is 30.4. The number of hydrogen-bond donors (Lipinski definition) is 1. The summed E-state index contributed by atoms with van der Waals surface area (Å²) in [7, 11) is -2.04. The zero-order valence-electron chi connectivity index (χ0n) is 22.5. The van der Waals surface area contributed by atoms with Crippen LogP contribution < -0.4 is 14.4 Å². The molecule has 0 aliphatic heterocycles. The van der Waals surface area contributed by atoms with Gasteiger partial charge < -0.3 is 15.0 Å². The Kier molecular flexibility index (Phi) is 11.3. The van der Waals surface area contributed by atoms with E-state index < -0.39 is 16.1 Å². The molecule has 0 bridgehead atoms. The summed E-state index contributed by atoms with van der Waals surface area (Å²) < 4.78 is 31.7. The van der Waals surface area contributed by atoms with E-state index in [0.29, 0.717) is 28.4 Å². The van der Waals surface area contributed by atoms with E-state index in [4.69, 9.17) is 16.3 Å². The number of anilines is 1. The smallest absolute Gasteiger partial charge is 0.243 e. The Balaban J connectivity index is 2.27. The highest BCUT2D eigenvalue weighted by molar-refractivity contribution is 7.92. The van der Waals surface area contributed by atoms with E-state index in [0.717, 1.165) is 11.8 Å². The predicted octanol–water partition coefficient (Wildman–Crippen LogP) is 4.54. The van der Waals surface area contributed by atoms with Gasteiger partial charge in [-0.2, -0.15) is 0 Å². The van der Waals surface area contributed by atoms with Gasteiger partial charge in [0, 0.05) is 30.6 Å². The molecule has 0 radical (unpaired) electrons. The molecule has 204 valence electrons. The van der Waals surface area contributed by atoms with Crippen molar-refractivity contribution in [3.63, 3.8) is 0 Å². The van der Waals surface area contributed by atoms with Gasteiger partial charge in [0.25, 0.3) is 0 Å². The lowest BCUT2D eigenvalue weighted by atomic mass is 10.1. The van der Waals surface area contributed by atoms with Crippen molar-refractivity contribution in [1.29, 1.82) is 0 Å². The van der Waals surface area contributed by atoms with Gasteiger partial charge in [0.2, 0.25) is 21.8 Å². The Bertz CT molecular complexity index is 1190. The zero-order valence-corrected chi connectivity index (χ0v) is 24.0. The van der Waals surface area contributed by atoms with Crippen molar-refractivity contribution < 1.29 is 22.7 Å². The van der Waals surface area contributed by atoms with Gasteiger partial charge in [-0.25, -0.2) is 8.42 Å². The lowest BCUT2D eigenvalue weighted by Gasteiger charge is -2.32. The van der Waals surface area contributed by atoms with Gasteiger partial charge in [0.05, 0.1) is 19.1 Å². The highest BCUT2D eigenvalue weighted by Gasteiger charge is 2.29. The maximum atomic E-state index is 13.5. The Morgan fingerprint density at radius 1 is 1.14 bits per heavy atom. The van der Waals surface area contributed by atoms with Crippen LogP contribution in [0.5, 0.6) is 5.75 Å². The number of methoxy groups -OCH3 is 1. The van der Waals surface area contributed by atoms with Crippen molar-refractivity contribution in [3.05, 3.63) is 58.6 Å². The number of sulfonamides is 1. The number of halogens is 1. The molecule has 0 fully saturated rings. The van der Waals surface area contributed by atoms with Crippen molar-refractivity contribution in [2.75, 3.05) is 24.2 Å². The summed E-state index contributed by atoms with van der Waals surface area (Å²) in [5.41, 5.74) is 1.96. The Labute approximate surface area is 226 Å². The quantitative estimate of drug-likeness (QED) is 0.394. The monoisotopic (exact) mass is 551 g/mol. The van der Waals surface area contributed by atoms with Gasteiger partial charge in [-0.3, -0.25) is 13.9 Å². The van der Waals surface area contributed by atoms with Crippen LogP contribution in [0, 0.1) is 6.92 Å². The Hall–Kier alpha value is -2.78. The molecule has 0 saturated heterocycles. The Morgan fingerprint density at radius 3 is 2.41 bits per heavy atom. The molecular formula is C27H38ClN3O5S. The minimum absolute atomic E-state index is 0.0698. The van der Waals surface area contributed by atoms with Crippen LogP contribution in [0.1, 0.15) is 51.2 Å². The SMILES string of the molecule is CC[C@H](C(=O)NC(C)C)N(Cc1cccc(OC)c1)C(=O)CCCN(c1cccc(Cl)c1C)S(C)(=O)=O. The molecule has 1 atom stereocenters. The van der Waals surface area contributed by atoms with Gasteiger partial charge in [0.1, 0.15) is 11.8 Å². The second-order valence-electron chi connectivity index (χ2n) is 9.28. The number of hydrogen-bond acceptors (Lipinski definition) is 5. The number of benzene rings is 2. The van der Waals surface area contributed by atoms with Crippen LogP contribution in [-0.4, -0.2) is 57.1 Å². The molecule has 2 amide bonds. The lowest BCUT2D eigenvalue weighted by Crippen LogP contribution is -2.50. The molecule has 8 nitrogen and oxygen atoms in total. The fraction of sp³-hybridized carbons (Fsp3) is 0.481. The first-order valence-corrected chi connectivity index (χ1v) is 14.6. The van der Waals surface area contributed by atoms with Crippen molar-refractivity contribution in [3.8, 4) is 5.75 Å². The second-order valence-corrected chi connectivity index (χ2v) is 11.6.